The number of nitrogens with one attached hydrogen (secondary N) is 1. The van der Waals surface area contributed by atoms with Gasteiger partial charge in [-0.05, 0) is 31.6 Å². The molecule has 0 aromatic rings. The monoisotopic (exact) mass is 308 g/mol. The fourth-order valence-electron chi connectivity index (χ4n) is 4.13. The van der Waals surface area contributed by atoms with Crippen LogP contribution in [0.5, 0.6) is 0 Å². The van der Waals surface area contributed by atoms with Crippen molar-refractivity contribution in [1.29, 1.82) is 0 Å². The predicted molar refractivity (Wildman–Crippen MR) is 90.3 cm³/mol. The van der Waals surface area contributed by atoms with E-state index in [1.807, 2.05) is 0 Å². The lowest BCUT2D eigenvalue weighted by Gasteiger charge is -2.26. The maximum atomic E-state index is 5.40. The smallest absolute Gasteiger partial charge is 0.193 e. The summed E-state index contributed by atoms with van der Waals surface area (Å²) >= 11 is 0. The maximum Gasteiger partial charge on any atom is 0.193 e. The third-order valence-corrected chi connectivity index (χ3v) is 5.39. The van der Waals surface area contributed by atoms with E-state index in [2.05, 4.69) is 22.0 Å². The highest BCUT2D eigenvalue weighted by Crippen LogP contribution is 2.35. The average Bonchev–Trinajstić information content (AvgIpc) is 2.99. The van der Waals surface area contributed by atoms with Crippen molar-refractivity contribution in [2.75, 3.05) is 59.0 Å². The number of rotatable bonds is 4. The van der Waals surface area contributed by atoms with Gasteiger partial charge in [0.05, 0.1) is 19.8 Å². The second kappa shape index (κ2) is 8.16. The van der Waals surface area contributed by atoms with Crippen molar-refractivity contribution >= 4 is 5.96 Å². The van der Waals surface area contributed by atoms with E-state index in [0.29, 0.717) is 0 Å². The van der Waals surface area contributed by atoms with Gasteiger partial charge >= 0.3 is 0 Å². The maximum absolute atomic E-state index is 5.40. The molecule has 2 unspecified atom stereocenters. The molecule has 5 nitrogen and oxygen atoms in total. The Morgan fingerprint density at radius 2 is 1.82 bits per heavy atom. The van der Waals surface area contributed by atoms with Crippen molar-refractivity contribution in [2.45, 2.75) is 32.6 Å². The third-order valence-electron chi connectivity index (χ3n) is 5.39. The molecule has 0 aromatic carbocycles. The molecule has 3 fully saturated rings. The van der Waals surface area contributed by atoms with Crippen molar-refractivity contribution in [3.8, 4) is 0 Å². The first kappa shape index (κ1) is 16.1. The summed E-state index contributed by atoms with van der Waals surface area (Å²) < 4.78 is 5.40. The molecule has 126 valence electrons. The van der Waals surface area contributed by atoms with Crippen LogP contribution in [0.3, 0.4) is 0 Å². The Kier molecular flexibility index (Phi) is 5.96. The molecule has 0 amide bonds. The number of morpholine rings is 1. The van der Waals surface area contributed by atoms with E-state index in [0.717, 1.165) is 63.7 Å². The van der Waals surface area contributed by atoms with Gasteiger partial charge in [-0.2, -0.15) is 0 Å². The van der Waals surface area contributed by atoms with E-state index < -0.39 is 0 Å². The topological polar surface area (TPSA) is 40.1 Å². The third kappa shape index (κ3) is 4.13. The van der Waals surface area contributed by atoms with Crippen molar-refractivity contribution in [3.05, 3.63) is 0 Å². The number of ether oxygens (including phenoxy) is 1. The summed E-state index contributed by atoms with van der Waals surface area (Å²) in [5, 5.41) is 3.50. The van der Waals surface area contributed by atoms with Gasteiger partial charge in [0.2, 0.25) is 0 Å². The summed E-state index contributed by atoms with van der Waals surface area (Å²) in [4.78, 5) is 9.87. The predicted octanol–water partition coefficient (Wildman–Crippen LogP) is 1.41. The molecule has 1 N–H and O–H groups in total. The van der Waals surface area contributed by atoms with Crippen LogP contribution in [0.2, 0.25) is 0 Å². The molecule has 5 heteroatoms. The van der Waals surface area contributed by atoms with Crippen LogP contribution in [0, 0.1) is 11.8 Å². The minimum atomic E-state index is 0.874. The molecule has 0 aromatic heterocycles. The number of fused-ring (bicyclic) bond motifs is 1. The van der Waals surface area contributed by atoms with Gasteiger partial charge in [0, 0.05) is 39.3 Å². The van der Waals surface area contributed by atoms with Gasteiger partial charge in [0.1, 0.15) is 0 Å². The van der Waals surface area contributed by atoms with E-state index in [-0.39, 0.29) is 0 Å². The highest BCUT2D eigenvalue weighted by molar-refractivity contribution is 5.80. The number of likely N-dealkylation sites (tertiary alicyclic amines) is 1. The zero-order chi connectivity index (χ0) is 15.2. The minimum absolute atomic E-state index is 0.874. The normalized spacial score (nSPS) is 30.4. The van der Waals surface area contributed by atoms with Gasteiger partial charge in [-0.1, -0.05) is 12.8 Å². The summed E-state index contributed by atoms with van der Waals surface area (Å²) in [6.07, 6.45) is 5.71. The zero-order valence-corrected chi connectivity index (χ0v) is 14.1. The van der Waals surface area contributed by atoms with Crippen molar-refractivity contribution in [2.24, 2.45) is 16.8 Å². The Labute approximate surface area is 135 Å². The molecular formula is C17H32N4O. The SMILES string of the molecule is CCNC(=NCCN1CCOCC1)N1CC2CCCCC2C1. The lowest BCUT2D eigenvalue weighted by atomic mass is 9.82. The van der Waals surface area contributed by atoms with Crippen LogP contribution >= 0.6 is 0 Å². The molecule has 0 bridgehead atoms. The van der Waals surface area contributed by atoms with E-state index in [9.17, 15) is 0 Å². The van der Waals surface area contributed by atoms with Crippen LogP contribution in [0.15, 0.2) is 4.99 Å². The minimum Gasteiger partial charge on any atom is -0.379 e. The first-order valence-corrected chi connectivity index (χ1v) is 9.20. The lowest BCUT2D eigenvalue weighted by Crippen LogP contribution is -2.41. The van der Waals surface area contributed by atoms with Crippen molar-refractivity contribution in [1.82, 2.24) is 15.1 Å². The van der Waals surface area contributed by atoms with Gasteiger partial charge in [0.15, 0.2) is 5.96 Å². The highest BCUT2D eigenvalue weighted by atomic mass is 16.5. The fourth-order valence-corrected chi connectivity index (χ4v) is 4.13. The molecule has 3 aliphatic rings. The molecule has 1 aliphatic carbocycles. The summed E-state index contributed by atoms with van der Waals surface area (Å²) in [5.41, 5.74) is 0. The molecule has 2 saturated heterocycles. The first-order chi connectivity index (χ1) is 10.9. The molecule has 2 aliphatic heterocycles. The molecule has 2 atom stereocenters. The number of aliphatic imine (C=N–C) groups is 1. The molecule has 0 radical (unpaired) electrons. The summed E-state index contributed by atoms with van der Waals surface area (Å²) in [7, 11) is 0. The molecule has 2 heterocycles. The number of hydrogen-bond acceptors (Lipinski definition) is 3. The Hall–Kier alpha value is -0.810. The number of guanidine groups is 1. The Morgan fingerprint density at radius 3 is 2.45 bits per heavy atom. The number of nitrogens with zero attached hydrogens (tertiary/aromatic N) is 3. The van der Waals surface area contributed by atoms with Gasteiger partial charge in [-0.25, -0.2) is 0 Å². The van der Waals surface area contributed by atoms with Crippen LogP contribution in [0.25, 0.3) is 0 Å². The van der Waals surface area contributed by atoms with Gasteiger partial charge in [-0.15, -0.1) is 0 Å². The van der Waals surface area contributed by atoms with Gasteiger partial charge in [-0.3, -0.25) is 9.89 Å². The van der Waals surface area contributed by atoms with Crippen LogP contribution in [0.1, 0.15) is 32.6 Å². The molecular weight excluding hydrogens is 276 g/mol. The fraction of sp³-hybridized carbons (Fsp3) is 0.941. The van der Waals surface area contributed by atoms with Crippen molar-refractivity contribution < 1.29 is 4.74 Å². The summed E-state index contributed by atoms with van der Waals surface area (Å²) in [6, 6.07) is 0. The van der Waals surface area contributed by atoms with E-state index >= 15 is 0 Å². The summed E-state index contributed by atoms with van der Waals surface area (Å²) in [5.74, 6) is 2.97. The molecule has 1 saturated carbocycles. The second-order valence-corrected chi connectivity index (χ2v) is 6.90. The lowest BCUT2D eigenvalue weighted by molar-refractivity contribution is 0.0394. The standard InChI is InChI=1S/C17H32N4O/c1-2-18-17(19-7-8-20-9-11-22-12-10-20)21-13-15-5-3-4-6-16(15)14-21/h15-16H,2-14H2,1H3,(H,18,19). The highest BCUT2D eigenvalue weighted by Gasteiger charge is 2.35. The number of hydrogen-bond donors (Lipinski definition) is 1. The zero-order valence-electron chi connectivity index (χ0n) is 14.1. The van der Waals surface area contributed by atoms with E-state index in [1.165, 1.54) is 38.8 Å². The average molecular weight is 308 g/mol. The molecule has 3 rings (SSSR count). The van der Waals surface area contributed by atoms with E-state index in [1.54, 1.807) is 0 Å². The van der Waals surface area contributed by atoms with Crippen LogP contribution in [0.4, 0.5) is 0 Å². The van der Waals surface area contributed by atoms with Crippen LogP contribution in [-0.2, 0) is 4.74 Å². The molecule has 22 heavy (non-hydrogen) atoms. The quantitative estimate of drug-likeness (QED) is 0.630. The van der Waals surface area contributed by atoms with Crippen LogP contribution in [-0.4, -0.2) is 74.8 Å². The molecule has 0 spiro atoms. The van der Waals surface area contributed by atoms with E-state index in [4.69, 9.17) is 9.73 Å². The van der Waals surface area contributed by atoms with Gasteiger partial charge in [0.25, 0.3) is 0 Å². The Bertz CT molecular complexity index is 354. The first-order valence-electron chi connectivity index (χ1n) is 9.20. The summed E-state index contributed by atoms with van der Waals surface area (Å²) in [6.45, 7) is 11.4. The van der Waals surface area contributed by atoms with Gasteiger partial charge < -0.3 is 15.0 Å². The Morgan fingerprint density at radius 1 is 1.14 bits per heavy atom. The van der Waals surface area contributed by atoms with Crippen molar-refractivity contribution in [3.63, 3.8) is 0 Å². The largest absolute Gasteiger partial charge is 0.379 e. The van der Waals surface area contributed by atoms with Crippen LogP contribution < -0.4 is 5.32 Å². The second-order valence-electron chi connectivity index (χ2n) is 6.90. The Balaban J connectivity index is 1.51.